The first kappa shape index (κ1) is 22.4. The second-order valence-corrected chi connectivity index (χ2v) is 8.64. The summed E-state index contributed by atoms with van der Waals surface area (Å²) in [6.45, 7) is 9.10. The number of aromatic nitrogens is 1. The van der Waals surface area contributed by atoms with Gasteiger partial charge in [0.25, 0.3) is 0 Å². The van der Waals surface area contributed by atoms with Crippen LogP contribution < -0.4 is 9.47 Å². The number of hydrogen-bond donors (Lipinski definition) is 0. The molecule has 164 valence electrons. The molecule has 1 amide bonds. The van der Waals surface area contributed by atoms with Crippen molar-refractivity contribution in [1.82, 2.24) is 9.88 Å². The minimum Gasteiger partial charge on any atom is -0.474 e. The molecule has 2 heterocycles. The average Bonchev–Trinajstić information content (AvgIpc) is 2.72. The zero-order valence-corrected chi connectivity index (χ0v) is 18.6. The molecule has 31 heavy (non-hydrogen) atoms. The van der Waals surface area contributed by atoms with Gasteiger partial charge in [-0.2, -0.15) is 10.2 Å². The molecule has 1 aliphatic rings. The van der Waals surface area contributed by atoms with Crippen LogP contribution in [-0.4, -0.2) is 40.8 Å². The number of ether oxygens (including phenoxy) is 3. The zero-order chi connectivity index (χ0) is 22.4. The summed E-state index contributed by atoms with van der Waals surface area (Å²) in [6.07, 6.45) is 1.15. The lowest BCUT2D eigenvalue weighted by atomic mass is 10.1. The molecule has 7 nitrogen and oxygen atoms in total. The number of carbonyl (C=O) groups excluding carboxylic acids is 1. The van der Waals surface area contributed by atoms with Crippen LogP contribution in [0.25, 0.3) is 0 Å². The van der Waals surface area contributed by atoms with Gasteiger partial charge in [-0.05, 0) is 51.0 Å². The van der Waals surface area contributed by atoms with Crippen molar-refractivity contribution in [3.8, 4) is 17.8 Å². The largest absolute Gasteiger partial charge is 0.474 e. The number of carbonyl (C=O) groups is 1. The van der Waals surface area contributed by atoms with E-state index < -0.39 is 5.60 Å². The van der Waals surface area contributed by atoms with Crippen LogP contribution in [-0.2, 0) is 11.3 Å². The fourth-order valence-corrected chi connectivity index (χ4v) is 3.27. The van der Waals surface area contributed by atoms with Crippen molar-refractivity contribution >= 4 is 6.09 Å². The number of benzene rings is 1. The molecule has 0 radical (unpaired) electrons. The van der Waals surface area contributed by atoms with Crippen molar-refractivity contribution in [2.45, 2.75) is 58.8 Å². The summed E-state index contributed by atoms with van der Waals surface area (Å²) >= 11 is 0. The third kappa shape index (κ3) is 6.61. The number of amides is 1. The number of pyridine rings is 1. The van der Waals surface area contributed by atoms with E-state index in [1.807, 2.05) is 45.9 Å². The molecule has 0 saturated carbocycles. The molecule has 0 unspecified atom stereocenters. The minimum absolute atomic E-state index is 0.0118. The van der Waals surface area contributed by atoms with Crippen molar-refractivity contribution in [1.29, 1.82) is 5.26 Å². The standard InChI is InChI=1S/C24H29N3O4/c1-17-14-18(15-25)8-9-19(17)16-29-21-6-5-7-22(26-21)30-20-10-12-27(13-11-20)23(28)31-24(2,3)4/h5-9,14,20H,10-13,16H2,1-4H3. The lowest BCUT2D eigenvalue weighted by Crippen LogP contribution is -2.44. The van der Waals surface area contributed by atoms with Gasteiger partial charge in [-0.1, -0.05) is 12.1 Å². The molecule has 0 bridgehead atoms. The quantitative estimate of drug-likeness (QED) is 0.698. The Labute approximate surface area is 183 Å². The van der Waals surface area contributed by atoms with Crippen LogP contribution in [0.15, 0.2) is 36.4 Å². The zero-order valence-electron chi connectivity index (χ0n) is 18.6. The summed E-state index contributed by atoms with van der Waals surface area (Å²) in [7, 11) is 0. The molecule has 1 aromatic carbocycles. The summed E-state index contributed by atoms with van der Waals surface area (Å²) in [4.78, 5) is 18.4. The molecular weight excluding hydrogens is 394 g/mol. The normalized spacial score (nSPS) is 14.6. The van der Waals surface area contributed by atoms with E-state index in [2.05, 4.69) is 11.1 Å². The van der Waals surface area contributed by atoms with Crippen molar-refractivity contribution in [2.75, 3.05) is 13.1 Å². The van der Waals surface area contributed by atoms with Crippen LogP contribution in [0.4, 0.5) is 4.79 Å². The maximum absolute atomic E-state index is 12.2. The summed E-state index contributed by atoms with van der Waals surface area (Å²) in [5, 5.41) is 8.98. The van der Waals surface area contributed by atoms with E-state index in [0.29, 0.717) is 37.0 Å². The van der Waals surface area contributed by atoms with Gasteiger partial charge in [0.05, 0.1) is 11.6 Å². The number of piperidine rings is 1. The van der Waals surface area contributed by atoms with E-state index in [9.17, 15) is 4.79 Å². The number of nitriles is 1. The average molecular weight is 424 g/mol. The van der Waals surface area contributed by atoms with E-state index in [1.54, 1.807) is 23.1 Å². The Morgan fingerprint density at radius 2 is 1.90 bits per heavy atom. The van der Waals surface area contributed by atoms with Crippen molar-refractivity contribution in [3.63, 3.8) is 0 Å². The van der Waals surface area contributed by atoms with Crippen LogP contribution >= 0.6 is 0 Å². The van der Waals surface area contributed by atoms with Gasteiger partial charge in [0.2, 0.25) is 11.8 Å². The summed E-state index contributed by atoms with van der Waals surface area (Å²) < 4.78 is 17.3. The van der Waals surface area contributed by atoms with E-state index in [0.717, 1.165) is 24.0 Å². The van der Waals surface area contributed by atoms with Gasteiger partial charge in [-0.3, -0.25) is 0 Å². The number of rotatable bonds is 5. The van der Waals surface area contributed by atoms with Crippen LogP contribution in [0, 0.1) is 18.3 Å². The van der Waals surface area contributed by atoms with Gasteiger partial charge in [-0.25, -0.2) is 4.79 Å². The SMILES string of the molecule is Cc1cc(C#N)ccc1COc1cccc(OC2CCN(C(=O)OC(C)(C)C)CC2)n1. The molecular formula is C24H29N3O4. The molecule has 0 spiro atoms. The third-order valence-corrected chi connectivity index (χ3v) is 4.93. The number of hydrogen-bond acceptors (Lipinski definition) is 6. The predicted octanol–water partition coefficient (Wildman–Crippen LogP) is 4.62. The predicted molar refractivity (Wildman–Crippen MR) is 116 cm³/mol. The Morgan fingerprint density at radius 3 is 2.55 bits per heavy atom. The fraction of sp³-hybridized carbons (Fsp3) is 0.458. The van der Waals surface area contributed by atoms with E-state index in [4.69, 9.17) is 19.5 Å². The van der Waals surface area contributed by atoms with Gasteiger partial charge in [0, 0.05) is 38.1 Å². The first-order valence-electron chi connectivity index (χ1n) is 10.5. The molecule has 7 heteroatoms. The van der Waals surface area contributed by atoms with Crippen LogP contribution in [0.1, 0.15) is 50.3 Å². The molecule has 0 aliphatic carbocycles. The topological polar surface area (TPSA) is 84.7 Å². The van der Waals surface area contributed by atoms with Gasteiger partial charge in [0.15, 0.2) is 0 Å². The van der Waals surface area contributed by atoms with E-state index >= 15 is 0 Å². The molecule has 2 aromatic rings. The van der Waals surface area contributed by atoms with Gasteiger partial charge < -0.3 is 19.1 Å². The Kier molecular flexibility index (Phi) is 7.01. The number of likely N-dealkylation sites (tertiary alicyclic amines) is 1. The summed E-state index contributed by atoms with van der Waals surface area (Å²) in [5.74, 6) is 0.984. The molecule has 3 rings (SSSR count). The lowest BCUT2D eigenvalue weighted by Gasteiger charge is -2.33. The smallest absolute Gasteiger partial charge is 0.410 e. The fourth-order valence-electron chi connectivity index (χ4n) is 3.27. The summed E-state index contributed by atoms with van der Waals surface area (Å²) in [5.41, 5.74) is 2.14. The molecule has 0 atom stereocenters. The highest BCUT2D eigenvalue weighted by Gasteiger charge is 2.27. The van der Waals surface area contributed by atoms with Crippen LogP contribution in [0.3, 0.4) is 0 Å². The van der Waals surface area contributed by atoms with Crippen LogP contribution in [0.2, 0.25) is 0 Å². The van der Waals surface area contributed by atoms with Crippen molar-refractivity contribution in [2.24, 2.45) is 0 Å². The minimum atomic E-state index is -0.495. The second-order valence-electron chi connectivity index (χ2n) is 8.64. The monoisotopic (exact) mass is 423 g/mol. The van der Waals surface area contributed by atoms with Crippen molar-refractivity contribution in [3.05, 3.63) is 53.1 Å². The molecule has 0 N–H and O–H groups in total. The van der Waals surface area contributed by atoms with Gasteiger partial charge in [-0.15, -0.1) is 0 Å². The number of nitrogens with zero attached hydrogens (tertiary/aromatic N) is 3. The Morgan fingerprint density at radius 1 is 1.19 bits per heavy atom. The maximum atomic E-state index is 12.2. The highest BCUT2D eigenvalue weighted by molar-refractivity contribution is 5.68. The first-order chi connectivity index (χ1) is 14.7. The first-order valence-corrected chi connectivity index (χ1v) is 10.5. The van der Waals surface area contributed by atoms with Gasteiger partial charge >= 0.3 is 6.09 Å². The Bertz CT molecular complexity index is 954. The van der Waals surface area contributed by atoms with E-state index in [-0.39, 0.29) is 12.2 Å². The summed E-state index contributed by atoms with van der Waals surface area (Å²) in [6, 6.07) is 13.1. The maximum Gasteiger partial charge on any atom is 0.410 e. The van der Waals surface area contributed by atoms with E-state index in [1.165, 1.54) is 0 Å². The highest BCUT2D eigenvalue weighted by Crippen LogP contribution is 2.22. The van der Waals surface area contributed by atoms with Crippen molar-refractivity contribution < 1.29 is 19.0 Å². The number of aryl methyl sites for hydroxylation is 1. The molecule has 1 aromatic heterocycles. The Balaban J connectivity index is 1.51. The van der Waals surface area contributed by atoms with Gasteiger partial charge in [0.1, 0.15) is 18.3 Å². The Hall–Kier alpha value is -3.27. The molecule has 1 fully saturated rings. The third-order valence-electron chi connectivity index (χ3n) is 4.93. The molecule has 1 aliphatic heterocycles. The highest BCUT2D eigenvalue weighted by atomic mass is 16.6. The second kappa shape index (κ2) is 9.69. The van der Waals surface area contributed by atoms with Crippen LogP contribution in [0.5, 0.6) is 11.8 Å². The molecule has 1 saturated heterocycles. The lowest BCUT2D eigenvalue weighted by molar-refractivity contribution is 0.0122.